The molecule has 4 heteroatoms. The molecule has 18 heavy (non-hydrogen) atoms. The average Bonchev–Trinajstić information content (AvgIpc) is 2.74. The highest BCUT2D eigenvalue weighted by Gasteiger charge is 2.06. The summed E-state index contributed by atoms with van der Waals surface area (Å²) in [6.07, 6.45) is 1.87. The molecule has 0 unspecified atom stereocenters. The van der Waals surface area contributed by atoms with E-state index < -0.39 is 0 Å². The molecule has 0 aliphatic heterocycles. The molecule has 1 heterocycles. The van der Waals surface area contributed by atoms with Crippen molar-refractivity contribution in [1.29, 1.82) is 0 Å². The molecule has 0 spiro atoms. The first-order valence-electron chi connectivity index (χ1n) is 5.58. The zero-order chi connectivity index (χ0) is 12.5. The van der Waals surface area contributed by atoms with Crippen molar-refractivity contribution in [3.05, 3.63) is 62.9 Å². The van der Waals surface area contributed by atoms with E-state index in [2.05, 4.69) is 44.3 Å². The van der Waals surface area contributed by atoms with Crippen molar-refractivity contribution in [3.8, 4) is 0 Å². The van der Waals surface area contributed by atoms with Crippen LogP contribution in [0, 0.1) is 3.57 Å². The number of imidazole rings is 1. The number of benzene rings is 2. The van der Waals surface area contributed by atoms with Crippen LogP contribution in [0.25, 0.3) is 11.0 Å². The summed E-state index contributed by atoms with van der Waals surface area (Å²) in [6.45, 7) is 0.814. The summed E-state index contributed by atoms with van der Waals surface area (Å²) in [5.74, 6) is 0. The third kappa shape index (κ3) is 2.24. The van der Waals surface area contributed by atoms with Crippen molar-refractivity contribution < 1.29 is 0 Å². The van der Waals surface area contributed by atoms with Gasteiger partial charge >= 0.3 is 0 Å². The van der Waals surface area contributed by atoms with Crippen LogP contribution in [0.2, 0.25) is 5.02 Å². The lowest BCUT2D eigenvalue weighted by molar-refractivity contribution is 0.824. The highest BCUT2D eigenvalue weighted by molar-refractivity contribution is 14.1. The summed E-state index contributed by atoms with van der Waals surface area (Å²) < 4.78 is 3.15. The van der Waals surface area contributed by atoms with E-state index in [0.717, 1.165) is 26.2 Å². The summed E-state index contributed by atoms with van der Waals surface area (Å²) >= 11 is 8.40. The van der Waals surface area contributed by atoms with Gasteiger partial charge in [0, 0.05) is 10.1 Å². The maximum Gasteiger partial charge on any atom is 0.0961 e. The van der Waals surface area contributed by atoms with Crippen molar-refractivity contribution in [2.24, 2.45) is 0 Å². The number of hydrogen-bond donors (Lipinski definition) is 0. The van der Waals surface area contributed by atoms with E-state index in [0.29, 0.717) is 0 Å². The summed E-state index contributed by atoms with van der Waals surface area (Å²) in [5, 5.41) is 0.776. The molecular weight excluding hydrogens is 359 g/mol. The number of aromatic nitrogens is 2. The Labute approximate surface area is 124 Å². The quantitative estimate of drug-likeness (QED) is 0.615. The number of fused-ring (bicyclic) bond motifs is 1. The number of halogens is 2. The zero-order valence-corrected chi connectivity index (χ0v) is 12.4. The number of hydrogen-bond acceptors (Lipinski definition) is 1. The molecule has 3 aromatic rings. The van der Waals surface area contributed by atoms with Gasteiger partial charge in [0.05, 0.1) is 22.4 Å². The Hall–Kier alpha value is -1.07. The molecule has 0 amide bonds. The van der Waals surface area contributed by atoms with Crippen LogP contribution in [0.1, 0.15) is 5.56 Å². The zero-order valence-electron chi connectivity index (χ0n) is 9.48. The molecule has 0 bridgehead atoms. The molecule has 0 radical (unpaired) electrons. The lowest BCUT2D eigenvalue weighted by Gasteiger charge is -2.05. The first-order valence-corrected chi connectivity index (χ1v) is 7.03. The number of rotatable bonds is 2. The summed E-state index contributed by atoms with van der Waals surface area (Å²) in [4.78, 5) is 4.42. The maximum absolute atomic E-state index is 6.17. The van der Waals surface area contributed by atoms with Gasteiger partial charge in [-0.1, -0.05) is 41.9 Å². The van der Waals surface area contributed by atoms with Crippen molar-refractivity contribution in [2.45, 2.75) is 6.54 Å². The SMILES string of the molecule is Clc1cc2c(cc1I)ncn2Cc1ccccc1. The van der Waals surface area contributed by atoms with Gasteiger partial charge in [0.2, 0.25) is 0 Å². The van der Waals surface area contributed by atoms with Crippen LogP contribution in [0.3, 0.4) is 0 Å². The highest BCUT2D eigenvalue weighted by Crippen LogP contribution is 2.25. The Morgan fingerprint density at radius 3 is 2.72 bits per heavy atom. The molecule has 0 saturated heterocycles. The first-order chi connectivity index (χ1) is 8.74. The van der Waals surface area contributed by atoms with E-state index in [4.69, 9.17) is 11.6 Å². The van der Waals surface area contributed by atoms with Crippen molar-refractivity contribution in [3.63, 3.8) is 0 Å². The molecule has 2 nitrogen and oxygen atoms in total. The Balaban J connectivity index is 2.05. The van der Waals surface area contributed by atoms with Crippen LogP contribution in [0.4, 0.5) is 0 Å². The molecule has 0 aliphatic carbocycles. The van der Waals surface area contributed by atoms with E-state index in [1.807, 2.05) is 36.7 Å². The minimum atomic E-state index is 0.776. The van der Waals surface area contributed by atoms with Gasteiger partial charge in [-0.05, 0) is 40.3 Å². The Bertz CT molecular complexity index is 692. The lowest BCUT2D eigenvalue weighted by atomic mass is 10.2. The molecular formula is C14H10ClIN2. The predicted octanol–water partition coefficient (Wildman–Crippen LogP) is 4.34. The lowest BCUT2D eigenvalue weighted by Crippen LogP contribution is -1.97. The minimum Gasteiger partial charge on any atom is -0.326 e. The van der Waals surface area contributed by atoms with Crippen molar-refractivity contribution in [2.75, 3.05) is 0 Å². The van der Waals surface area contributed by atoms with Crippen LogP contribution in [-0.4, -0.2) is 9.55 Å². The summed E-state index contributed by atoms with van der Waals surface area (Å²) in [5.41, 5.74) is 3.32. The van der Waals surface area contributed by atoms with E-state index in [-0.39, 0.29) is 0 Å². The van der Waals surface area contributed by atoms with Gasteiger partial charge in [-0.2, -0.15) is 0 Å². The highest BCUT2D eigenvalue weighted by atomic mass is 127. The van der Waals surface area contributed by atoms with E-state index in [9.17, 15) is 0 Å². The number of nitrogens with zero attached hydrogens (tertiary/aromatic N) is 2. The van der Waals surface area contributed by atoms with Gasteiger partial charge in [-0.25, -0.2) is 4.98 Å². The third-order valence-electron chi connectivity index (χ3n) is 2.86. The van der Waals surface area contributed by atoms with E-state index in [1.165, 1.54) is 5.56 Å². The fourth-order valence-electron chi connectivity index (χ4n) is 1.96. The molecule has 90 valence electrons. The standard InChI is InChI=1S/C14H10ClIN2/c15-11-6-14-13(7-12(11)16)17-9-18(14)8-10-4-2-1-3-5-10/h1-7,9H,8H2. The largest absolute Gasteiger partial charge is 0.326 e. The Morgan fingerprint density at radius 2 is 1.94 bits per heavy atom. The van der Waals surface area contributed by atoms with E-state index >= 15 is 0 Å². The molecule has 3 rings (SSSR count). The minimum absolute atomic E-state index is 0.776. The normalized spacial score (nSPS) is 11.0. The van der Waals surface area contributed by atoms with Crippen LogP contribution in [-0.2, 0) is 6.54 Å². The molecule has 0 atom stereocenters. The van der Waals surface area contributed by atoms with Gasteiger partial charge in [-0.15, -0.1) is 0 Å². The monoisotopic (exact) mass is 368 g/mol. The first kappa shape index (κ1) is 12.0. The Kier molecular flexibility index (Phi) is 3.26. The molecule has 0 fully saturated rings. The predicted molar refractivity (Wildman–Crippen MR) is 83.0 cm³/mol. The summed E-state index contributed by atoms with van der Waals surface area (Å²) in [7, 11) is 0. The van der Waals surface area contributed by atoms with E-state index in [1.54, 1.807) is 0 Å². The van der Waals surface area contributed by atoms with Crippen LogP contribution in [0.5, 0.6) is 0 Å². The van der Waals surface area contributed by atoms with Gasteiger partial charge in [0.15, 0.2) is 0 Å². The Morgan fingerprint density at radius 1 is 1.17 bits per heavy atom. The molecule has 0 aliphatic rings. The second kappa shape index (κ2) is 4.90. The van der Waals surface area contributed by atoms with Crippen molar-refractivity contribution in [1.82, 2.24) is 9.55 Å². The van der Waals surface area contributed by atoms with Crippen LogP contribution in [0.15, 0.2) is 48.8 Å². The molecule has 0 N–H and O–H groups in total. The summed E-state index contributed by atoms with van der Waals surface area (Å²) in [6, 6.07) is 14.3. The second-order valence-corrected chi connectivity index (χ2v) is 5.68. The van der Waals surface area contributed by atoms with Gasteiger partial charge in [0.1, 0.15) is 0 Å². The topological polar surface area (TPSA) is 17.8 Å². The molecule has 1 aromatic heterocycles. The fourth-order valence-corrected chi connectivity index (χ4v) is 2.57. The van der Waals surface area contributed by atoms with Gasteiger partial charge in [-0.3, -0.25) is 0 Å². The second-order valence-electron chi connectivity index (χ2n) is 4.11. The van der Waals surface area contributed by atoms with Crippen molar-refractivity contribution >= 4 is 45.2 Å². The molecule has 2 aromatic carbocycles. The fraction of sp³-hybridized carbons (Fsp3) is 0.0714. The smallest absolute Gasteiger partial charge is 0.0961 e. The average molecular weight is 369 g/mol. The third-order valence-corrected chi connectivity index (χ3v) is 4.38. The molecule has 0 saturated carbocycles. The van der Waals surface area contributed by atoms with Gasteiger partial charge < -0.3 is 4.57 Å². The maximum atomic E-state index is 6.17. The van der Waals surface area contributed by atoms with Gasteiger partial charge in [0.25, 0.3) is 0 Å². The van der Waals surface area contributed by atoms with Crippen LogP contribution < -0.4 is 0 Å². The van der Waals surface area contributed by atoms with Crippen LogP contribution >= 0.6 is 34.2 Å².